The molecule has 1 aliphatic heterocycles. The lowest BCUT2D eigenvalue weighted by molar-refractivity contribution is -0.137. The monoisotopic (exact) mass is 263 g/mol. The summed E-state index contributed by atoms with van der Waals surface area (Å²) in [6.45, 7) is 12.8. The second-order valence-corrected chi connectivity index (χ2v) is 5.94. The zero-order valence-electron chi connectivity index (χ0n) is 12.7. The fraction of sp³-hybridized carbons (Fsp3) is 0.625. The number of aryl methyl sites for hydroxylation is 3. The Morgan fingerprint density at radius 2 is 1.84 bits per heavy atom. The van der Waals surface area contributed by atoms with Crippen molar-refractivity contribution >= 4 is 0 Å². The zero-order valence-corrected chi connectivity index (χ0v) is 12.7. The van der Waals surface area contributed by atoms with Gasteiger partial charge in [0.05, 0.1) is 12.7 Å². The Morgan fingerprint density at radius 3 is 2.47 bits per heavy atom. The smallest absolute Gasteiger partial charge is 0.163 e. The lowest BCUT2D eigenvalue weighted by Crippen LogP contribution is -2.30. The van der Waals surface area contributed by atoms with Gasteiger partial charge in [0.25, 0.3) is 0 Å². The third-order valence-corrected chi connectivity index (χ3v) is 3.71. The molecule has 19 heavy (non-hydrogen) atoms. The van der Waals surface area contributed by atoms with Crippen LogP contribution in [-0.4, -0.2) is 25.0 Å². The van der Waals surface area contributed by atoms with Crippen molar-refractivity contribution in [2.45, 2.75) is 53.1 Å². The minimum absolute atomic E-state index is 0.154. The van der Waals surface area contributed by atoms with Crippen LogP contribution in [0, 0.1) is 20.8 Å². The molecule has 106 valence electrons. The van der Waals surface area contributed by atoms with E-state index in [1.807, 2.05) is 13.8 Å². The fourth-order valence-electron chi connectivity index (χ4n) is 2.44. The molecule has 2 rings (SSSR count). The molecule has 3 heteroatoms. The molecule has 0 aromatic heterocycles. The molecule has 1 atom stereocenters. The second-order valence-electron chi connectivity index (χ2n) is 5.94. The Balaban J connectivity index is 1.85. The molecule has 0 amide bonds. The predicted molar refractivity (Wildman–Crippen MR) is 77.3 cm³/mol. The average Bonchev–Trinajstić information content (AvgIpc) is 2.65. The summed E-state index contributed by atoms with van der Waals surface area (Å²) in [5.41, 5.74) is 5.42. The Bertz CT molecular complexity index is 454. The molecule has 1 saturated heterocycles. The minimum Gasteiger partial charge on any atom is -0.348 e. The first-order valence-electron chi connectivity index (χ1n) is 6.96. The first-order valence-corrected chi connectivity index (χ1v) is 6.96. The van der Waals surface area contributed by atoms with E-state index < -0.39 is 5.79 Å². The number of nitrogens with one attached hydrogen (secondary N) is 1. The average molecular weight is 263 g/mol. The molecular formula is C16H25NO2. The molecule has 1 N–H and O–H groups in total. The SMILES string of the molecule is Cc1cc(C)c(CNCC2COC(C)(C)O2)cc1C. The number of benzene rings is 1. The van der Waals surface area contributed by atoms with Gasteiger partial charge >= 0.3 is 0 Å². The van der Waals surface area contributed by atoms with Crippen molar-refractivity contribution in [3.63, 3.8) is 0 Å². The Labute approximate surface area is 116 Å². The van der Waals surface area contributed by atoms with Crippen molar-refractivity contribution in [1.29, 1.82) is 0 Å². The van der Waals surface area contributed by atoms with Crippen LogP contribution >= 0.6 is 0 Å². The first kappa shape index (κ1) is 14.5. The van der Waals surface area contributed by atoms with E-state index in [9.17, 15) is 0 Å². The predicted octanol–water partition coefficient (Wildman–Crippen LogP) is 2.85. The van der Waals surface area contributed by atoms with Gasteiger partial charge < -0.3 is 14.8 Å². The Hall–Kier alpha value is -0.900. The van der Waals surface area contributed by atoms with Gasteiger partial charge in [-0.25, -0.2) is 0 Å². The van der Waals surface area contributed by atoms with E-state index in [1.54, 1.807) is 0 Å². The van der Waals surface area contributed by atoms with E-state index in [0.29, 0.717) is 6.61 Å². The highest BCUT2D eigenvalue weighted by Crippen LogP contribution is 2.22. The highest BCUT2D eigenvalue weighted by molar-refractivity contribution is 5.36. The lowest BCUT2D eigenvalue weighted by atomic mass is 10.0. The summed E-state index contributed by atoms with van der Waals surface area (Å²) < 4.78 is 11.3. The van der Waals surface area contributed by atoms with Crippen molar-refractivity contribution in [2.75, 3.05) is 13.2 Å². The van der Waals surface area contributed by atoms with Gasteiger partial charge in [-0.15, -0.1) is 0 Å². The van der Waals surface area contributed by atoms with Crippen LogP contribution in [0.2, 0.25) is 0 Å². The van der Waals surface area contributed by atoms with Gasteiger partial charge in [-0.1, -0.05) is 12.1 Å². The zero-order chi connectivity index (χ0) is 14.0. The van der Waals surface area contributed by atoms with Gasteiger partial charge in [-0.3, -0.25) is 0 Å². The van der Waals surface area contributed by atoms with Crippen molar-refractivity contribution in [2.24, 2.45) is 0 Å². The Morgan fingerprint density at radius 1 is 1.16 bits per heavy atom. The van der Waals surface area contributed by atoms with Crippen molar-refractivity contribution in [1.82, 2.24) is 5.32 Å². The van der Waals surface area contributed by atoms with Crippen LogP contribution in [-0.2, 0) is 16.0 Å². The molecule has 1 aromatic carbocycles. The van der Waals surface area contributed by atoms with Gasteiger partial charge in [0.1, 0.15) is 0 Å². The topological polar surface area (TPSA) is 30.5 Å². The molecule has 0 radical (unpaired) electrons. The molecule has 1 fully saturated rings. The third kappa shape index (κ3) is 3.78. The summed E-state index contributed by atoms with van der Waals surface area (Å²) in [6, 6.07) is 4.53. The fourth-order valence-corrected chi connectivity index (χ4v) is 2.44. The number of hydrogen-bond donors (Lipinski definition) is 1. The van der Waals surface area contributed by atoms with E-state index in [2.05, 4.69) is 38.2 Å². The third-order valence-electron chi connectivity index (χ3n) is 3.71. The molecule has 0 aliphatic carbocycles. The summed E-state index contributed by atoms with van der Waals surface area (Å²) >= 11 is 0. The number of rotatable bonds is 4. The van der Waals surface area contributed by atoms with Gasteiger partial charge in [0.15, 0.2) is 5.79 Å². The van der Waals surface area contributed by atoms with Crippen molar-refractivity contribution in [3.05, 3.63) is 34.4 Å². The summed E-state index contributed by atoms with van der Waals surface area (Å²) in [5.74, 6) is -0.428. The van der Waals surface area contributed by atoms with E-state index >= 15 is 0 Å². The van der Waals surface area contributed by atoms with Crippen LogP contribution in [0.5, 0.6) is 0 Å². The van der Waals surface area contributed by atoms with Crippen LogP contribution in [0.25, 0.3) is 0 Å². The van der Waals surface area contributed by atoms with Crippen LogP contribution < -0.4 is 5.32 Å². The van der Waals surface area contributed by atoms with E-state index in [0.717, 1.165) is 13.1 Å². The maximum Gasteiger partial charge on any atom is 0.163 e. The molecular weight excluding hydrogens is 238 g/mol. The van der Waals surface area contributed by atoms with E-state index in [-0.39, 0.29) is 6.10 Å². The standard InChI is InChI=1S/C16H25NO2/c1-11-6-13(3)14(7-12(11)2)8-17-9-15-10-18-16(4,5)19-15/h6-7,15,17H,8-10H2,1-5H3. The first-order chi connectivity index (χ1) is 8.87. The minimum atomic E-state index is -0.428. The quantitative estimate of drug-likeness (QED) is 0.906. The molecule has 1 heterocycles. The van der Waals surface area contributed by atoms with Gasteiger partial charge in [0.2, 0.25) is 0 Å². The number of ether oxygens (including phenoxy) is 2. The summed E-state index contributed by atoms with van der Waals surface area (Å²) in [5, 5.41) is 3.46. The maximum atomic E-state index is 5.78. The van der Waals surface area contributed by atoms with Gasteiger partial charge in [0, 0.05) is 13.1 Å². The van der Waals surface area contributed by atoms with Crippen LogP contribution in [0.4, 0.5) is 0 Å². The summed E-state index contributed by atoms with van der Waals surface area (Å²) in [7, 11) is 0. The highest BCUT2D eigenvalue weighted by atomic mass is 16.7. The second kappa shape index (κ2) is 5.61. The Kier molecular flexibility index (Phi) is 4.29. The largest absolute Gasteiger partial charge is 0.348 e. The van der Waals surface area contributed by atoms with Crippen molar-refractivity contribution < 1.29 is 9.47 Å². The molecule has 0 bridgehead atoms. The van der Waals surface area contributed by atoms with E-state index in [1.165, 1.54) is 22.3 Å². The molecule has 0 spiro atoms. The van der Waals surface area contributed by atoms with E-state index in [4.69, 9.17) is 9.47 Å². The summed E-state index contributed by atoms with van der Waals surface area (Å²) in [4.78, 5) is 0. The molecule has 3 nitrogen and oxygen atoms in total. The van der Waals surface area contributed by atoms with Gasteiger partial charge in [-0.05, 0) is 56.9 Å². The molecule has 1 unspecified atom stereocenters. The molecule has 1 aromatic rings. The van der Waals surface area contributed by atoms with Gasteiger partial charge in [-0.2, -0.15) is 0 Å². The van der Waals surface area contributed by atoms with Crippen LogP contribution in [0.3, 0.4) is 0 Å². The maximum absolute atomic E-state index is 5.78. The lowest BCUT2D eigenvalue weighted by Gasteiger charge is -2.17. The van der Waals surface area contributed by atoms with Crippen LogP contribution in [0.15, 0.2) is 12.1 Å². The number of hydrogen-bond acceptors (Lipinski definition) is 3. The molecule has 1 aliphatic rings. The normalized spacial score (nSPS) is 21.8. The summed E-state index contributed by atoms with van der Waals surface area (Å²) in [6.07, 6.45) is 0.154. The highest BCUT2D eigenvalue weighted by Gasteiger charge is 2.32. The molecule has 0 saturated carbocycles. The van der Waals surface area contributed by atoms with Crippen molar-refractivity contribution in [3.8, 4) is 0 Å². The van der Waals surface area contributed by atoms with Crippen LogP contribution in [0.1, 0.15) is 36.1 Å².